The number of piperidine rings is 1. The first kappa shape index (κ1) is 22.8. The second kappa shape index (κ2) is 7.94. The Morgan fingerprint density at radius 1 is 1.11 bits per heavy atom. The van der Waals surface area contributed by atoms with Gasteiger partial charge in [-0.05, 0) is 98.7 Å². The number of hydrogen-bond donors (Lipinski definition) is 3. The number of phenols is 1. The molecule has 6 unspecified atom stereocenters. The van der Waals surface area contributed by atoms with Gasteiger partial charge in [0.2, 0.25) is 5.91 Å². The van der Waals surface area contributed by atoms with Crippen LogP contribution in [0.1, 0.15) is 56.9 Å². The lowest BCUT2D eigenvalue weighted by Crippen LogP contribution is -2.66. The number of ether oxygens (including phenoxy) is 1. The molecule has 5 saturated carbocycles. The van der Waals surface area contributed by atoms with Crippen molar-refractivity contribution in [3.63, 3.8) is 0 Å². The number of rotatable bonds is 6. The Kier molecular flexibility index (Phi) is 5.17. The average molecular weight is 479 g/mol. The van der Waals surface area contributed by atoms with Gasteiger partial charge in [0.1, 0.15) is 23.4 Å². The smallest absolute Gasteiger partial charge is 0.323 e. The van der Waals surface area contributed by atoms with E-state index in [4.69, 9.17) is 16.2 Å². The van der Waals surface area contributed by atoms with Gasteiger partial charge in [0.05, 0.1) is 12.1 Å². The molecule has 1 heterocycles. The lowest BCUT2D eigenvalue weighted by Gasteiger charge is -2.62. The molecule has 9 atom stereocenters. The van der Waals surface area contributed by atoms with Gasteiger partial charge in [-0.15, -0.1) is 0 Å². The van der Waals surface area contributed by atoms with E-state index in [1.54, 1.807) is 29.2 Å². The molecule has 1 aromatic carbocycles. The van der Waals surface area contributed by atoms with Crippen molar-refractivity contribution in [1.29, 1.82) is 5.26 Å². The third kappa shape index (κ3) is 3.80. The molecule has 8 nitrogen and oxygen atoms in total. The molecular formula is C27H34N4O4. The Bertz CT molecular complexity index is 1070. The van der Waals surface area contributed by atoms with E-state index >= 15 is 0 Å². The zero-order chi connectivity index (χ0) is 24.5. The minimum Gasteiger partial charge on any atom is -0.508 e. The number of carbonyl (C=O) groups is 2. The minimum atomic E-state index is -0.799. The van der Waals surface area contributed by atoms with Gasteiger partial charge in [0, 0.05) is 6.04 Å². The van der Waals surface area contributed by atoms with E-state index < -0.39 is 29.1 Å². The number of nitrogens with two attached hydrogens (primary N) is 2. The van der Waals surface area contributed by atoms with Crippen molar-refractivity contribution in [2.24, 2.45) is 34.6 Å². The van der Waals surface area contributed by atoms with Gasteiger partial charge in [-0.2, -0.15) is 5.26 Å². The molecule has 6 fully saturated rings. The molecule has 1 amide bonds. The second-order valence-corrected chi connectivity index (χ2v) is 12.1. The number of aromatic hydroxyl groups is 1. The highest BCUT2D eigenvalue weighted by Gasteiger charge is 2.64. The summed E-state index contributed by atoms with van der Waals surface area (Å²) in [6.07, 6.45) is 7.14. The number of nitriles is 1. The van der Waals surface area contributed by atoms with E-state index in [1.807, 2.05) is 0 Å². The number of hydrogen-bond acceptors (Lipinski definition) is 7. The van der Waals surface area contributed by atoms with Gasteiger partial charge in [-0.1, -0.05) is 12.1 Å². The van der Waals surface area contributed by atoms with E-state index in [1.165, 1.54) is 0 Å². The summed E-state index contributed by atoms with van der Waals surface area (Å²) in [6, 6.07) is 7.31. The molecule has 0 radical (unpaired) electrons. The van der Waals surface area contributed by atoms with Crippen molar-refractivity contribution in [1.82, 2.24) is 4.90 Å². The lowest BCUT2D eigenvalue weighted by molar-refractivity contribution is -0.207. The lowest BCUT2D eigenvalue weighted by atomic mass is 9.46. The highest BCUT2D eigenvalue weighted by molar-refractivity contribution is 5.84. The van der Waals surface area contributed by atoms with Crippen LogP contribution in [0.2, 0.25) is 0 Å². The number of amides is 1. The highest BCUT2D eigenvalue weighted by Crippen LogP contribution is 2.64. The predicted molar refractivity (Wildman–Crippen MR) is 126 cm³/mol. The van der Waals surface area contributed by atoms with Crippen molar-refractivity contribution >= 4 is 11.9 Å². The molecule has 8 heteroatoms. The molecule has 35 heavy (non-hydrogen) atoms. The Balaban J connectivity index is 1.18. The van der Waals surface area contributed by atoms with Crippen molar-refractivity contribution in [3.05, 3.63) is 29.8 Å². The number of fused-ring (bicyclic) bond motifs is 1. The number of esters is 1. The minimum absolute atomic E-state index is 0.0889. The maximum absolute atomic E-state index is 13.6. The zero-order valence-electron chi connectivity index (χ0n) is 19.9. The monoisotopic (exact) mass is 478 g/mol. The first-order valence-electron chi connectivity index (χ1n) is 12.9. The molecule has 1 aromatic rings. The van der Waals surface area contributed by atoms with Crippen molar-refractivity contribution < 1.29 is 19.4 Å². The molecule has 0 aromatic heterocycles. The maximum atomic E-state index is 13.6. The number of nitrogens with zero attached hydrogens (tertiary/aromatic N) is 2. The van der Waals surface area contributed by atoms with Crippen LogP contribution in [-0.2, 0) is 20.7 Å². The molecule has 0 spiro atoms. The van der Waals surface area contributed by atoms with Crippen LogP contribution in [0.15, 0.2) is 24.3 Å². The summed E-state index contributed by atoms with van der Waals surface area (Å²) in [4.78, 5) is 28.5. The number of carbonyl (C=O) groups excluding carboxylic acids is 2. The topological polar surface area (TPSA) is 143 Å². The Morgan fingerprint density at radius 3 is 2.46 bits per heavy atom. The maximum Gasteiger partial charge on any atom is 0.323 e. The normalized spacial score (nSPS) is 40.0. The summed E-state index contributed by atoms with van der Waals surface area (Å²) in [5.41, 5.74) is 12.9. The summed E-state index contributed by atoms with van der Waals surface area (Å²) >= 11 is 0. The van der Waals surface area contributed by atoms with E-state index in [0.29, 0.717) is 30.6 Å². The third-order valence-corrected chi connectivity index (χ3v) is 9.50. The molecule has 5 aliphatic carbocycles. The Hall–Kier alpha value is -2.63. The summed E-state index contributed by atoms with van der Waals surface area (Å²) in [5.74, 6) is 0.885. The van der Waals surface area contributed by atoms with Crippen LogP contribution >= 0.6 is 0 Å². The van der Waals surface area contributed by atoms with Gasteiger partial charge in [0.15, 0.2) is 0 Å². The van der Waals surface area contributed by atoms with Crippen molar-refractivity contribution in [2.75, 3.05) is 0 Å². The van der Waals surface area contributed by atoms with E-state index in [0.717, 1.165) is 50.5 Å². The average Bonchev–Trinajstić information content (AvgIpc) is 3.47. The number of benzene rings is 1. The first-order valence-corrected chi connectivity index (χ1v) is 12.9. The van der Waals surface area contributed by atoms with Gasteiger partial charge in [0.25, 0.3) is 0 Å². The molecule has 1 aliphatic heterocycles. The fourth-order valence-electron chi connectivity index (χ4n) is 8.30. The van der Waals surface area contributed by atoms with Crippen LogP contribution in [0.25, 0.3) is 0 Å². The molecular weight excluding hydrogens is 444 g/mol. The van der Waals surface area contributed by atoms with Gasteiger partial charge in [-0.25, -0.2) is 0 Å². The summed E-state index contributed by atoms with van der Waals surface area (Å²) in [6.45, 7) is 0. The predicted octanol–water partition coefficient (Wildman–Crippen LogP) is 1.98. The summed E-state index contributed by atoms with van der Waals surface area (Å²) in [7, 11) is 0. The van der Waals surface area contributed by atoms with Gasteiger partial charge in [-0.3, -0.25) is 9.59 Å². The SMILES string of the molecule is N#C[C@@H]1CC2CC2N1C(=O)[C@@H](N)C12CC3C[C@H](CC(OC(=O)C(N)Cc4ccc(O)cc4)(C3)C1)C2. The molecule has 186 valence electrons. The number of likely N-dealkylation sites (tertiary alicyclic amines) is 1. The number of phenolic OH excluding ortho intramolecular Hbond substituents is 1. The van der Waals surface area contributed by atoms with Crippen LogP contribution in [0.3, 0.4) is 0 Å². The van der Waals surface area contributed by atoms with Crippen molar-refractivity contribution in [3.8, 4) is 11.8 Å². The zero-order valence-corrected chi connectivity index (χ0v) is 19.9. The van der Waals surface area contributed by atoms with Gasteiger partial charge < -0.3 is 26.2 Å². The molecule has 5 N–H and O–H groups in total. The van der Waals surface area contributed by atoms with Crippen LogP contribution in [-0.4, -0.2) is 51.7 Å². The molecule has 7 rings (SSSR count). The largest absolute Gasteiger partial charge is 0.508 e. The second-order valence-electron chi connectivity index (χ2n) is 12.1. The summed E-state index contributed by atoms with van der Waals surface area (Å²) in [5, 5.41) is 19.1. The summed E-state index contributed by atoms with van der Waals surface area (Å²) < 4.78 is 6.21. The fourth-order valence-corrected chi connectivity index (χ4v) is 8.30. The van der Waals surface area contributed by atoms with Gasteiger partial charge >= 0.3 is 5.97 Å². The van der Waals surface area contributed by atoms with Crippen LogP contribution in [0.5, 0.6) is 5.75 Å². The molecule has 4 bridgehead atoms. The first-order chi connectivity index (χ1) is 16.7. The Morgan fingerprint density at radius 2 is 1.80 bits per heavy atom. The van der Waals surface area contributed by atoms with E-state index in [9.17, 15) is 20.0 Å². The van der Waals surface area contributed by atoms with Crippen LogP contribution in [0.4, 0.5) is 0 Å². The van der Waals surface area contributed by atoms with Crippen molar-refractivity contribution in [2.45, 2.75) is 87.6 Å². The molecule has 1 saturated heterocycles. The quantitative estimate of drug-likeness (QED) is 0.531. The standard InChI is InChI=1S/C27H34N4O4/c28-13-19-7-18-8-22(18)31(19)24(33)23(30)26-9-16-5-17(10-26)12-27(11-16,14-26)35-25(34)21(29)6-15-1-3-20(32)4-2-15/h1-4,16-19,21-23,32H,5-12,14,29-30H2/t16-,17?,18?,19-,21?,22?,23+,26?,27?/m0/s1. The third-order valence-electron chi connectivity index (χ3n) is 9.50. The van der Waals surface area contributed by atoms with E-state index in [-0.39, 0.29) is 23.7 Å². The van der Waals surface area contributed by atoms with Crippen LogP contribution in [0, 0.1) is 34.5 Å². The fraction of sp³-hybridized carbons (Fsp3) is 0.667. The Labute approximate surface area is 205 Å². The molecule has 6 aliphatic rings. The highest BCUT2D eigenvalue weighted by atomic mass is 16.6. The van der Waals surface area contributed by atoms with E-state index in [2.05, 4.69) is 6.07 Å². The van der Waals surface area contributed by atoms with Crippen LogP contribution < -0.4 is 11.5 Å².